The Morgan fingerprint density at radius 2 is 0.589 bits per heavy atom. The summed E-state index contributed by atoms with van der Waals surface area (Å²) in [5.74, 6) is 0.779. The summed E-state index contributed by atoms with van der Waals surface area (Å²) in [4.78, 5) is 37.6. The molecule has 0 saturated carbocycles. The van der Waals surface area contributed by atoms with Crippen LogP contribution in [0, 0.1) is 11.8 Å². The summed E-state index contributed by atoms with van der Waals surface area (Å²) in [5.41, 5.74) is 0. The Bertz CT molecular complexity index is 854. The molecule has 56 heavy (non-hydrogen) atoms. The number of esters is 3. The summed E-state index contributed by atoms with van der Waals surface area (Å²) in [7, 11) is 0. The van der Waals surface area contributed by atoms with E-state index in [9.17, 15) is 14.4 Å². The first-order valence-corrected chi connectivity index (χ1v) is 24.7. The Morgan fingerprint density at radius 1 is 0.339 bits per heavy atom. The second kappa shape index (κ2) is 43.0. The number of hydrogen-bond donors (Lipinski definition) is 0. The van der Waals surface area contributed by atoms with Crippen LogP contribution in [0.2, 0.25) is 0 Å². The van der Waals surface area contributed by atoms with Crippen LogP contribution in [0.5, 0.6) is 0 Å². The highest BCUT2D eigenvalue weighted by Gasteiger charge is 2.19. The van der Waals surface area contributed by atoms with Gasteiger partial charge in [0.1, 0.15) is 13.2 Å². The van der Waals surface area contributed by atoms with Crippen molar-refractivity contribution in [3.05, 3.63) is 0 Å². The van der Waals surface area contributed by atoms with E-state index in [1.54, 1.807) is 0 Å². The van der Waals surface area contributed by atoms with Crippen molar-refractivity contribution in [2.45, 2.75) is 278 Å². The van der Waals surface area contributed by atoms with Crippen molar-refractivity contribution in [3.63, 3.8) is 0 Å². The number of rotatable bonds is 44. The van der Waals surface area contributed by atoms with E-state index in [1.807, 2.05) is 0 Å². The monoisotopic (exact) mass is 793 g/mol. The van der Waals surface area contributed by atoms with Gasteiger partial charge in [0.25, 0.3) is 0 Å². The molecule has 0 spiro atoms. The fraction of sp³-hybridized carbons (Fsp3) is 0.940. The standard InChI is InChI=1S/C50H96O6/c1-6-7-8-9-23-32-37-42-50(53)56-47(44-55-49(52)41-36-31-27-22-25-29-34-39-46(4)5)43-54-48(51)40-35-30-26-21-19-17-15-13-11-10-12-14-16-18-20-24-28-33-38-45(2)3/h45-47H,6-44H2,1-5H3/t47-/m1/s1. The van der Waals surface area contributed by atoms with Gasteiger partial charge in [-0.3, -0.25) is 14.4 Å². The second-order valence-corrected chi connectivity index (χ2v) is 18.1. The maximum absolute atomic E-state index is 12.6. The molecular weight excluding hydrogens is 697 g/mol. The van der Waals surface area contributed by atoms with Crippen molar-refractivity contribution < 1.29 is 28.6 Å². The van der Waals surface area contributed by atoms with Crippen LogP contribution in [-0.4, -0.2) is 37.2 Å². The lowest BCUT2D eigenvalue weighted by Gasteiger charge is -2.18. The van der Waals surface area contributed by atoms with E-state index >= 15 is 0 Å². The van der Waals surface area contributed by atoms with E-state index in [0.717, 1.165) is 69.6 Å². The molecule has 332 valence electrons. The highest BCUT2D eigenvalue weighted by atomic mass is 16.6. The first-order chi connectivity index (χ1) is 27.2. The zero-order chi connectivity index (χ0) is 41.2. The van der Waals surface area contributed by atoms with Crippen LogP contribution < -0.4 is 0 Å². The van der Waals surface area contributed by atoms with Crippen LogP contribution in [0.15, 0.2) is 0 Å². The van der Waals surface area contributed by atoms with E-state index in [-0.39, 0.29) is 31.1 Å². The molecule has 6 heteroatoms. The minimum absolute atomic E-state index is 0.0651. The van der Waals surface area contributed by atoms with E-state index < -0.39 is 6.10 Å². The van der Waals surface area contributed by atoms with Crippen molar-refractivity contribution >= 4 is 17.9 Å². The Kier molecular flexibility index (Phi) is 41.8. The van der Waals surface area contributed by atoms with Crippen LogP contribution in [0.1, 0.15) is 272 Å². The average molecular weight is 793 g/mol. The second-order valence-electron chi connectivity index (χ2n) is 18.1. The Hall–Kier alpha value is -1.59. The number of carbonyl (C=O) groups excluding carboxylic acids is 3. The molecule has 6 nitrogen and oxygen atoms in total. The Labute approximate surface area is 348 Å². The first kappa shape index (κ1) is 54.4. The molecule has 0 unspecified atom stereocenters. The Morgan fingerprint density at radius 3 is 0.875 bits per heavy atom. The molecular formula is C50H96O6. The normalized spacial score (nSPS) is 12.1. The van der Waals surface area contributed by atoms with Crippen LogP contribution in [0.4, 0.5) is 0 Å². The summed E-state index contributed by atoms with van der Waals surface area (Å²) < 4.78 is 16.7. The lowest BCUT2D eigenvalue weighted by atomic mass is 10.0. The van der Waals surface area contributed by atoms with Crippen molar-refractivity contribution in [2.75, 3.05) is 13.2 Å². The molecule has 0 heterocycles. The molecule has 0 aromatic heterocycles. The highest BCUT2D eigenvalue weighted by Crippen LogP contribution is 2.17. The fourth-order valence-corrected chi connectivity index (χ4v) is 7.46. The fourth-order valence-electron chi connectivity index (χ4n) is 7.46. The third-order valence-electron chi connectivity index (χ3n) is 11.2. The zero-order valence-electron chi connectivity index (χ0n) is 38.3. The third kappa shape index (κ3) is 43.5. The van der Waals surface area contributed by atoms with Crippen molar-refractivity contribution in [2.24, 2.45) is 11.8 Å². The molecule has 0 aliphatic rings. The van der Waals surface area contributed by atoms with Gasteiger partial charge in [-0.2, -0.15) is 0 Å². The molecule has 0 aliphatic heterocycles. The maximum Gasteiger partial charge on any atom is 0.306 e. The summed E-state index contributed by atoms with van der Waals surface area (Å²) in [6, 6.07) is 0. The summed E-state index contributed by atoms with van der Waals surface area (Å²) >= 11 is 0. The first-order valence-electron chi connectivity index (χ1n) is 24.7. The van der Waals surface area contributed by atoms with Gasteiger partial charge in [0.05, 0.1) is 0 Å². The molecule has 0 rings (SSSR count). The molecule has 0 N–H and O–H groups in total. The topological polar surface area (TPSA) is 78.9 Å². The largest absolute Gasteiger partial charge is 0.462 e. The predicted octanol–water partition coefficient (Wildman–Crippen LogP) is 15.8. The molecule has 0 saturated heterocycles. The van der Waals surface area contributed by atoms with Crippen LogP contribution in [0.3, 0.4) is 0 Å². The van der Waals surface area contributed by atoms with Crippen molar-refractivity contribution in [3.8, 4) is 0 Å². The zero-order valence-corrected chi connectivity index (χ0v) is 38.3. The van der Waals surface area contributed by atoms with Gasteiger partial charge in [0.15, 0.2) is 6.10 Å². The molecule has 1 atom stereocenters. The van der Waals surface area contributed by atoms with E-state index in [1.165, 1.54) is 161 Å². The van der Waals surface area contributed by atoms with Gasteiger partial charge in [-0.1, -0.05) is 234 Å². The van der Waals surface area contributed by atoms with Crippen molar-refractivity contribution in [1.29, 1.82) is 0 Å². The maximum atomic E-state index is 12.6. The minimum atomic E-state index is -0.759. The quantitative estimate of drug-likeness (QED) is 0.0347. The van der Waals surface area contributed by atoms with Gasteiger partial charge in [0.2, 0.25) is 0 Å². The van der Waals surface area contributed by atoms with Gasteiger partial charge >= 0.3 is 17.9 Å². The average Bonchev–Trinajstić information content (AvgIpc) is 3.16. The predicted molar refractivity (Wildman–Crippen MR) is 238 cm³/mol. The van der Waals surface area contributed by atoms with Crippen LogP contribution in [-0.2, 0) is 28.6 Å². The van der Waals surface area contributed by atoms with Gasteiger partial charge < -0.3 is 14.2 Å². The SMILES string of the molecule is CCCCCCCCCC(=O)O[C@H](COC(=O)CCCCCCCCCCCCCCCCCCCCC(C)C)COC(=O)CCCCCCCCCC(C)C. The lowest BCUT2D eigenvalue weighted by molar-refractivity contribution is -0.167. The molecule has 0 aromatic carbocycles. The smallest absolute Gasteiger partial charge is 0.306 e. The summed E-state index contributed by atoms with van der Waals surface area (Å²) in [6.45, 7) is 11.3. The molecule has 0 aromatic rings. The Balaban J connectivity index is 4.09. The number of ether oxygens (including phenoxy) is 3. The van der Waals surface area contributed by atoms with Crippen molar-refractivity contribution in [1.82, 2.24) is 0 Å². The molecule has 0 fully saturated rings. The van der Waals surface area contributed by atoms with E-state index in [4.69, 9.17) is 14.2 Å². The summed E-state index contributed by atoms with van der Waals surface area (Å²) in [5, 5.41) is 0. The van der Waals surface area contributed by atoms with E-state index in [2.05, 4.69) is 34.6 Å². The highest BCUT2D eigenvalue weighted by molar-refractivity contribution is 5.71. The minimum Gasteiger partial charge on any atom is -0.462 e. The van der Waals surface area contributed by atoms with Gasteiger partial charge in [-0.25, -0.2) is 0 Å². The number of unbranched alkanes of at least 4 members (excludes halogenated alkanes) is 29. The molecule has 0 bridgehead atoms. The lowest BCUT2D eigenvalue weighted by Crippen LogP contribution is -2.30. The van der Waals surface area contributed by atoms with Gasteiger partial charge in [-0.15, -0.1) is 0 Å². The summed E-state index contributed by atoms with van der Waals surface area (Å²) in [6.07, 6.45) is 42.6. The number of carbonyl (C=O) groups is 3. The molecule has 0 amide bonds. The van der Waals surface area contributed by atoms with E-state index in [0.29, 0.717) is 19.3 Å². The molecule has 0 radical (unpaired) electrons. The van der Waals surface area contributed by atoms with Crippen LogP contribution >= 0.6 is 0 Å². The molecule has 0 aliphatic carbocycles. The third-order valence-corrected chi connectivity index (χ3v) is 11.2. The number of hydrogen-bond acceptors (Lipinski definition) is 6. The van der Waals surface area contributed by atoms with Crippen LogP contribution in [0.25, 0.3) is 0 Å². The van der Waals surface area contributed by atoms with Gasteiger partial charge in [-0.05, 0) is 31.1 Å². The van der Waals surface area contributed by atoms with Gasteiger partial charge in [0, 0.05) is 19.3 Å².